The van der Waals surface area contributed by atoms with Crippen molar-refractivity contribution in [3.8, 4) is 0 Å². The quantitative estimate of drug-likeness (QED) is 0.609. The van der Waals surface area contributed by atoms with Crippen LogP contribution in [0.3, 0.4) is 0 Å². The van der Waals surface area contributed by atoms with Gasteiger partial charge in [-0.1, -0.05) is 72.8 Å². The number of hydrogen-bond donors (Lipinski definition) is 0. The van der Waals surface area contributed by atoms with E-state index in [1.54, 1.807) is 0 Å². The van der Waals surface area contributed by atoms with Gasteiger partial charge in [-0.15, -0.1) is 0 Å². The van der Waals surface area contributed by atoms with E-state index in [0.29, 0.717) is 12.6 Å². The first-order valence-corrected chi connectivity index (χ1v) is 8.95. The molecule has 0 aromatic heterocycles. The molecular weight excluding hydrogens is 310 g/mol. The maximum Gasteiger partial charge on any atom is 0.324 e. The first-order chi connectivity index (χ1) is 12.2. The molecule has 0 saturated carbocycles. The number of benzene rings is 2. The Balaban J connectivity index is 1.51. The van der Waals surface area contributed by atoms with Gasteiger partial charge in [-0.3, -0.25) is 9.69 Å². The molecule has 0 spiro atoms. The highest BCUT2D eigenvalue weighted by Gasteiger charge is 2.49. The highest BCUT2D eigenvalue weighted by atomic mass is 16.5. The molecule has 1 saturated heterocycles. The fraction of sp³-hybridized carbons (Fsp3) is 0.318. The van der Waals surface area contributed by atoms with Crippen LogP contribution in [0.1, 0.15) is 30.5 Å². The summed E-state index contributed by atoms with van der Waals surface area (Å²) in [7, 11) is 0. The zero-order valence-corrected chi connectivity index (χ0v) is 14.4. The molecule has 2 aliphatic rings. The fourth-order valence-electron chi connectivity index (χ4n) is 4.13. The third kappa shape index (κ3) is 3.12. The third-order valence-corrected chi connectivity index (χ3v) is 5.40. The van der Waals surface area contributed by atoms with Crippen molar-refractivity contribution in [3.63, 3.8) is 0 Å². The Hall–Kier alpha value is -2.39. The largest absolute Gasteiger partial charge is 0.460 e. The van der Waals surface area contributed by atoms with Crippen molar-refractivity contribution in [1.82, 2.24) is 4.90 Å². The Morgan fingerprint density at radius 2 is 1.76 bits per heavy atom. The summed E-state index contributed by atoms with van der Waals surface area (Å²) in [5.74, 6) is 0.155. The normalized spacial score (nSPS) is 25.9. The number of carbonyl (C=O) groups excluding carboxylic acids is 1. The van der Waals surface area contributed by atoms with Crippen molar-refractivity contribution >= 4 is 5.97 Å². The molecule has 1 heterocycles. The Bertz CT molecular complexity index is 756. The molecule has 0 radical (unpaired) electrons. The van der Waals surface area contributed by atoms with Gasteiger partial charge in [0.2, 0.25) is 0 Å². The molecule has 4 rings (SSSR count). The third-order valence-electron chi connectivity index (χ3n) is 5.40. The van der Waals surface area contributed by atoms with E-state index in [9.17, 15) is 4.79 Å². The molecule has 3 nitrogen and oxygen atoms in total. The molecule has 128 valence electrons. The summed E-state index contributed by atoms with van der Waals surface area (Å²) < 4.78 is 5.67. The summed E-state index contributed by atoms with van der Waals surface area (Å²) in [6, 6.07) is 20.6. The van der Waals surface area contributed by atoms with Crippen LogP contribution in [-0.2, 0) is 16.1 Å². The molecule has 3 heteroatoms. The SMILES string of the molecule is C[C@H](c1ccccc1)N1[C@@H]2C=C[C@@H](C2)[C@H]1C(=O)OCc1ccccc1. The summed E-state index contributed by atoms with van der Waals surface area (Å²) in [4.78, 5) is 15.2. The van der Waals surface area contributed by atoms with Crippen molar-refractivity contribution in [3.05, 3.63) is 83.9 Å². The predicted molar refractivity (Wildman–Crippen MR) is 97.8 cm³/mol. The van der Waals surface area contributed by atoms with Gasteiger partial charge in [0, 0.05) is 18.0 Å². The van der Waals surface area contributed by atoms with E-state index in [2.05, 4.69) is 48.2 Å². The van der Waals surface area contributed by atoms with E-state index < -0.39 is 0 Å². The predicted octanol–water partition coefficient (Wildman–Crippen LogP) is 4.12. The Morgan fingerprint density at radius 1 is 1.08 bits per heavy atom. The van der Waals surface area contributed by atoms with Gasteiger partial charge in [0.1, 0.15) is 12.6 Å². The molecular formula is C22H23NO2. The van der Waals surface area contributed by atoms with E-state index in [1.165, 1.54) is 5.56 Å². The van der Waals surface area contributed by atoms with Crippen LogP contribution >= 0.6 is 0 Å². The van der Waals surface area contributed by atoms with E-state index in [1.807, 2.05) is 36.4 Å². The van der Waals surface area contributed by atoms with E-state index in [4.69, 9.17) is 4.74 Å². The molecule has 2 bridgehead atoms. The van der Waals surface area contributed by atoms with Crippen LogP contribution in [0.4, 0.5) is 0 Å². The van der Waals surface area contributed by atoms with Gasteiger partial charge in [0.25, 0.3) is 0 Å². The number of esters is 1. The van der Waals surface area contributed by atoms with Gasteiger partial charge >= 0.3 is 5.97 Å². The maximum absolute atomic E-state index is 12.9. The summed E-state index contributed by atoms with van der Waals surface area (Å²) in [5.41, 5.74) is 2.27. The van der Waals surface area contributed by atoms with Crippen LogP contribution in [0, 0.1) is 5.92 Å². The fourth-order valence-corrected chi connectivity index (χ4v) is 4.13. The topological polar surface area (TPSA) is 29.5 Å². The zero-order valence-electron chi connectivity index (χ0n) is 14.4. The van der Waals surface area contributed by atoms with Crippen LogP contribution in [-0.4, -0.2) is 23.0 Å². The average molecular weight is 333 g/mol. The number of rotatable bonds is 5. The average Bonchev–Trinajstić information content (AvgIpc) is 3.28. The second-order valence-electron chi connectivity index (χ2n) is 6.92. The van der Waals surface area contributed by atoms with Crippen molar-refractivity contribution in [2.75, 3.05) is 0 Å². The van der Waals surface area contributed by atoms with Crippen LogP contribution < -0.4 is 0 Å². The summed E-state index contributed by atoms with van der Waals surface area (Å²) in [5, 5.41) is 0. The van der Waals surface area contributed by atoms with Gasteiger partial charge in [-0.05, 0) is 24.5 Å². The van der Waals surface area contributed by atoms with Crippen molar-refractivity contribution < 1.29 is 9.53 Å². The Kier molecular flexibility index (Phi) is 4.41. The number of fused-ring (bicyclic) bond motifs is 2. The lowest BCUT2D eigenvalue weighted by atomic mass is 9.99. The lowest BCUT2D eigenvalue weighted by Gasteiger charge is -2.36. The smallest absolute Gasteiger partial charge is 0.324 e. The number of ether oxygens (including phenoxy) is 1. The number of likely N-dealkylation sites (tertiary alicyclic amines) is 1. The van der Waals surface area contributed by atoms with Gasteiger partial charge in [-0.25, -0.2) is 0 Å². The van der Waals surface area contributed by atoms with E-state index in [0.717, 1.165) is 12.0 Å². The molecule has 1 aliphatic heterocycles. The van der Waals surface area contributed by atoms with Crippen LogP contribution in [0.15, 0.2) is 72.8 Å². The molecule has 0 N–H and O–H groups in total. The monoisotopic (exact) mass is 333 g/mol. The zero-order chi connectivity index (χ0) is 17.2. The second-order valence-corrected chi connectivity index (χ2v) is 6.92. The minimum atomic E-state index is -0.186. The van der Waals surface area contributed by atoms with E-state index >= 15 is 0 Å². The van der Waals surface area contributed by atoms with Crippen molar-refractivity contribution in [2.45, 2.75) is 38.1 Å². The highest BCUT2D eigenvalue weighted by molar-refractivity contribution is 5.78. The molecule has 1 fully saturated rings. The van der Waals surface area contributed by atoms with Crippen molar-refractivity contribution in [2.24, 2.45) is 5.92 Å². The maximum atomic E-state index is 12.9. The van der Waals surface area contributed by atoms with Gasteiger partial charge in [0.15, 0.2) is 0 Å². The lowest BCUT2D eigenvalue weighted by Crippen LogP contribution is -2.46. The van der Waals surface area contributed by atoms with Crippen LogP contribution in [0.25, 0.3) is 0 Å². The number of nitrogens with zero attached hydrogens (tertiary/aromatic N) is 1. The highest BCUT2D eigenvalue weighted by Crippen LogP contribution is 2.43. The lowest BCUT2D eigenvalue weighted by molar-refractivity contribution is -0.152. The standard InChI is InChI=1S/C22H23NO2/c1-16(18-10-6-3-7-11-18)23-20-13-12-19(14-20)21(23)22(24)25-15-17-8-4-2-5-9-17/h2-13,16,19-21H,14-15H2,1H3/t16-,19+,20-,21+/m1/s1. The molecule has 1 aliphatic carbocycles. The first-order valence-electron chi connectivity index (χ1n) is 8.95. The minimum absolute atomic E-state index is 0.108. The summed E-state index contributed by atoms with van der Waals surface area (Å²) in [6.45, 7) is 2.52. The molecule has 4 atom stereocenters. The van der Waals surface area contributed by atoms with Crippen molar-refractivity contribution in [1.29, 1.82) is 0 Å². The van der Waals surface area contributed by atoms with Crippen LogP contribution in [0.2, 0.25) is 0 Å². The minimum Gasteiger partial charge on any atom is -0.460 e. The first kappa shape index (κ1) is 16.1. The Morgan fingerprint density at radius 3 is 2.48 bits per heavy atom. The van der Waals surface area contributed by atoms with Gasteiger partial charge in [0.05, 0.1) is 0 Å². The summed E-state index contributed by atoms with van der Waals surface area (Å²) in [6.07, 6.45) is 5.45. The number of hydrogen-bond acceptors (Lipinski definition) is 3. The molecule has 0 unspecified atom stereocenters. The molecule has 2 aromatic rings. The van der Waals surface area contributed by atoms with Gasteiger partial charge < -0.3 is 4.74 Å². The molecule has 2 aromatic carbocycles. The van der Waals surface area contributed by atoms with Crippen LogP contribution in [0.5, 0.6) is 0 Å². The van der Waals surface area contributed by atoms with Gasteiger partial charge in [-0.2, -0.15) is 0 Å². The second kappa shape index (κ2) is 6.85. The van der Waals surface area contributed by atoms with E-state index in [-0.39, 0.29) is 24.0 Å². The Labute approximate surface area is 148 Å². The molecule has 0 amide bonds. The summed E-state index contributed by atoms with van der Waals surface area (Å²) >= 11 is 0. The number of carbonyl (C=O) groups is 1. The molecule has 25 heavy (non-hydrogen) atoms.